The Morgan fingerprint density at radius 2 is 2.18 bits per heavy atom. The molecule has 1 saturated heterocycles. The lowest BCUT2D eigenvalue weighted by atomic mass is 10.1. The molecule has 0 amide bonds. The van der Waals surface area contributed by atoms with Gasteiger partial charge in [0, 0.05) is 19.4 Å². The molecular weight excluding hydrogens is 306 g/mol. The van der Waals surface area contributed by atoms with Crippen LogP contribution in [-0.2, 0) is 16.4 Å². The van der Waals surface area contributed by atoms with Crippen LogP contribution in [0, 0.1) is 5.92 Å². The minimum Gasteiger partial charge on any atom is -0.392 e. The molecule has 2 rings (SSSR count). The maximum atomic E-state index is 12.6. The van der Waals surface area contributed by atoms with E-state index in [4.69, 9.17) is 4.52 Å². The van der Waals surface area contributed by atoms with Gasteiger partial charge >= 0.3 is 0 Å². The predicted molar refractivity (Wildman–Crippen MR) is 81.6 cm³/mol. The first kappa shape index (κ1) is 17.4. The van der Waals surface area contributed by atoms with Gasteiger partial charge < -0.3 is 9.63 Å². The largest absolute Gasteiger partial charge is 0.392 e. The van der Waals surface area contributed by atoms with Crippen molar-refractivity contribution in [3.63, 3.8) is 0 Å². The standard InChI is InChI=1S/C14H25N3O4S/c1-4-6-10(3)9-22(19,20)17-8-11(18)7-12(17)14-15-13(5-2)16-21-14/h10-12,18H,4-9H2,1-3H3/t10-,11+,12-/m1/s1. The van der Waals surface area contributed by atoms with E-state index in [2.05, 4.69) is 10.1 Å². The van der Waals surface area contributed by atoms with Gasteiger partial charge in [0.05, 0.1) is 11.9 Å². The van der Waals surface area contributed by atoms with Crippen molar-refractivity contribution in [2.45, 2.75) is 58.6 Å². The number of β-amino-alcohol motifs (C(OH)–C–C–N with tert-alkyl or cyclic N) is 1. The third kappa shape index (κ3) is 3.85. The fourth-order valence-corrected chi connectivity index (χ4v) is 4.93. The monoisotopic (exact) mass is 331 g/mol. The summed E-state index contributed by atoms with van der Waals surface area (Å²) in [6.45, 7) is 5.97. The minimum absolute atomic E-state index is 0.0822. The minimum atomic E-state index is -3.46. The third-order valence-electron chi connectivity index (χ3n) is 3.95. The van der Waals surface area contributed by atoms with Gasteiger partial charge in [-0.1, -0.05) is 32.3 Å². The summed E-state index contributed by atoms with van der Waals surface area (Å²) in [5, 5.41) is 13.7. The Kier molecular flexibility index (Phi) is 5.57. The zero-order chi connectivity index (χ0) is 16.3. The van der Waals surface area contributed by atoms with Crippen LogP contribution in [0.1, 0.15) is 57.8 Å². The Hall–Kier alpha value is -0.990. The van der Waals surface area contributed by atoms with E-state index < -0.39 is 22.2 Å². The van der Waals surface area contributed by atoms with Gasteiger partial charge in [0.15, 0.2) is 5.82 Å². The molecule has 1 aliphatic rings. The van der Waals surface area contributed by atoms with Crippen LogP contribution in [0.5, 0.6) is 0 Å². The Morgan fingerprint density at radius 3 is 2.77 bits per heavy atom. The summed E-state index contributed by atoms with van der Waals surface area (Å²) in [5.74, 6) is 0.995. The van der Waals surface area contributed by atoms with Crippen LogP contribution in [0.15, 0.2) is 4.52 Å². The summed E-state index contributed by atoms with van der Waals surface area (Å²) in [6.07, 6.45) is 2.04. The van der Waals surface area contributed by atoms with E-state index in [1.54, 1.807) is 0 Å². The van der Waals surface area contributed by atoms with Crippen molar-refractivity contribution in [1.82, 2.24) is 14.4 Å². The van der Waals surface area contributed by atoms with Gasteiger partial charge in [-0.15, -0.1) is 0 Å². The zero-order valence-electron chi connectivity index (χ0n) is 13.4. The summed E-state index contributed by atoms with van der Waals surface area (Å²) in [6, 6.07) is -0.554. The molecule has 126 valence electrons. The number of rotatable bonds is 7. The second kappa shape index (κ2) is 7.06. The highest BCUT2D eigenvalue weighted by atomic mass is 32.2. The van der Waals surface area contributed by atoms with Gasteiger partial charge in [-0.2, -0.15) is 9.29 Å². The van der Waals surface area contributed by atoms with Crippen molar-refractivity contribution in [1.29, 1.82) is 0 Å². The molecule has 1 aromatic rings. The number of hydrogen-bond acceptors (Lipinski definition) is 6. The fourth-order valence-electron chi connectivity index (χ4n) is 2.89. The van der Waals surface area contributed by atoms with Crippen LogP contribution < -0.4 is 0 Å². The SMILES string of the molecule is CCC[C@@H](C)CS(=O)(=O)N1C[C@@H](O)C[C@@H]1c1nc(CC)no1. The highest BCUT2D eigenvalue weighted by Crippen LogP contribution is 2.34. The van der Waals surface area contributed by atoms with Gasteiger partial charge in [-0.3, -0.25) is 0 Å². The molecule has 0 saturated carbocycles. The van der Waals surface area contributed by atoms with Crippen LogP contribution in [0.3, 0.4) is 0 Å². The molecule has 1 aromatic heterocycles. The van der Waals surface area contributed by atoms with Crippen LogP contribution in [-0.4, -0.2) is 46.4 Å². The van der Waals surface area contributed by atoms with Gasteiger partial charge in [-0.05, 0) is 12.3 Å². The molecule has 2 heterocycles. The van der Waals surface area contributed by atoms with E-state index in [1.165, 1.54) is 4.31 Å². The van der Waals surface area contributed by atoms with Gasteiger partial charge in [-0.25, -0.2) is 8.42 Å². The lowest BCUT2D eigenvalue weighted by Crippen LogP contribution is -2.35. The quantitative estimate of drug-likeness (QED) is 0.813. The molecule has 1 N–H and O–H groups in total. The molecule has 0 aromatic carbocycles. The summed E-state index contributed by atoms with van der Waals surface area (Å²) in [5.41, 5.74) is 0. The number of aromatic nitrogens is 2. The average Bonchev–Trinajstić information content (AvgIpc) is 3.04. The van der Waals surface area contributed by atoms with Crippen molar-refractivity contribution in [3.8, 4) is 0 Å². The van der Waals surface area contributed by atoms with Gasteiger partial charge in [0.25, 0.3) is 0 Å². The molecule has 0 unspecified atom stereocenters. The fraction of sp³-hybridized carbons (Fsp3) is 0.857. The lowest BCUT2D eigenvalue weighted by molar-refractivity contribution is 0.188. The molecule has 3 atom stereocenters. The van der Waals surface area contributed by atoms with Crippen LogP contribution in [0.25, 0.3) is 0 Å². The van der Waals surface area contributed by atoms with Crippen LogP contribution in [0.4, 0.5) is 0 Å². The Balaban J connectivity index is 2.19. The normalized spacial score (nSPS) is 24.7. The van der Waals surface area contributed by atoms with Crippen molar-refractivity contribution in [3.05, 3.63) is 11.7 Å². The molecule has 0 spiro atoms. The maximum absolute atomic E-state index is 12.6. The second-order valence-electron chi connectivity index (χ2n) is 6.05. The zero-order valence-corrected chi connectivity index (χ0v) is 14.2. The van der Waals surface area contributed by atoms with Crippen molar-refractivity contribution in [2.75, 3.05) is 12.3 Å². The molecule has 1 fully saturated rings. The van der Waals surface area contributed by atoms with Crippen molar-refractivity contribution < 1.29 is 18.0 Å². The van der Waals surface area contributed by atoms with E-state index in [9.17, 15) is 13.5 Å². The average molecular weight is 331 g/mol. The number of aliphatic hydroxyl groups excluding tert-OH is 1. The van der Waals surface area contributed by atoms with E-state index in [-0.39, 0.29) is 24.1 Å². The Bertz CT molecular complexity index is 587. The molecule has 7 nitrogen and oxygen atoms in total. The van der Waals surface area contributed by atoms with E-state index in [0.717, 1.165) is 12.8 Å². The number of aliphatic hydroxyl groups is 1. The van der Waals surface area contributed by atoms with Gasteiger partial charge in [0.2, 0.25) is 15.9 Å². The molecule has 0 aliphatic carbocycles. The number of sulfonamides is 1. The lowest BCUT2D eigenvalue weighted by Gasteiger charge is -2.23. The predicted octanol–water partition coefficient (Wildman–Crippen LogP) is 1.51. The topological polar surface area (TPSA) is 96.5 Å². The van der Waals surface area contributed by atoms with E-state index >= 15 is 0 Å². The molecule has 1 aliphatic heterocycles. The Morgan fingerprint density at radius 1 is 1.45 bits per heavy atom. The first-order valence-corrected chi connectivity index (χ1v) is 9.48. The molecule has 8 heteroatoms. The van der Waals surface area contributed by atoms with Crippen molar-refractivity contribution >= 4 is 10.0 Å². The summed E-state index contributed by atoms with van der Waals surface area (Å²) < 4.78 is 31.8. The van der Waals surface area contributed by atoms with E-state index in [1.807, 2.05) is 20.8 Å². The summed E-state index contributed by atoms with van der Waals surface area (Å²) in [7, 11) is -3.46. The first-order chi connectivity index (χ1) is 10.4. The van der Waals surface area contributed by atoms with Crippen LogP contribution in [0.2, 0.25) is 0 Å². The third-order valence-corrected chi connectivity index (χ3v) is 6.06. The molecule has 0 radical (unpaired) electrons. The number of aryl methyl sites for hydroxylation is 1. The van der Waals surface area contributed by atoms with Gasteiger partial charge in [0.1, 0.15) is 6.04 Å². The first-order valence-electron chi connectivity index (χ1n) is 7.87. The summed E-state index contributed by atoms with van der Waals surface area (Å²) in [4.78, 5) is 4.23. The summed E-state index contributed by atoms with van der Waals surface area (Å²) >= 11 is 0. The molecular formula is C14H25N3O4S. The number of nitrogens with zero attached hydrogens (tertiary/aromatic N) is 3. The van der Waals surface area contributed by atoms with Crippen LogP contribution >= 0.6 is 0 Å². The molecule has 0 bridgehead atoms. The Labute approximate surface area is 131 Å². The van der Waals surface area contributed by atoms with Crippen molar-refractivity contribution in [2.24, 2.45) is 5.92 Å². The highest BCUT2D eigenvalue weighted by Gasteiger charge is 2.42. The number of hydrogen-bond donors (Lipinski definition) is 1. The maximum Gasteiger partial charge on any atom is 0.245 e. The molecule has 22 heavy (non-hydrogen) atoms. The smallest absolute Gasteiger partial charge is 0.245 e. The highest BCUT2D eigenvalue weighted by molar-refractivity contribution is 7.89. The second-order valence-corrected chi connectivity index (χ2v) is 8.02. The van der Waals surface area contributed by atoms with E-state index in [0.29, 0.717) is 18.7 Å².